The van der Waals surface area contributed by atoms with Gasteiger partial charge in [-0.2, -0.15) is 0 Å². The van der Waals surface area contributed by atoms with Crippen molar-refractivity contribution < 1.29 is 32.6 Å². The highest BCUT2D eigenvalue weighted by molar-refractivity contribution is 6.18. The molecular weight excluding hydrogens is 286 g/mol. The number of rotatable bonds is 3. The number of carbonyl (C=O) groups is 3. The van der Waals surface area contributed by atoms with E-state index in [4.69, 9.17) is 9.47 Å². The summed E-state index contributed by atoms with van der Waals surface area (Å²) in [6.45, 7) is 3.61. The van der Waals surface area contributed by atoms with E-state index in [2.05, 4.69) is 0 Å². The number of hydrogen-bond donors (Lipinski definition) is 0. The predicted molar refractivity (Wildman–Crippen MR) is 64.1 cm³/mol. The van der Waals surface area contributed by atoms with Crippen LogP contribution in [0.4, 0.5) is 8.78 Å². The van der Waals surface area contributed by atoms with E-state index in [9.17, 15) is 23.2 Å². The van der Waals surface area contributed by atoms with Gasteiger partial charge in [0, 0.05) is 24.7 Å². The molecule has 1 saturated heterocycles. The number of esters is 2. The largest absolute Gasteiger partial charge is 0.422 e. The minimum atomic E-state index is -2.86. The highest BCUT2D eigenvalue weighted by Gasteiger charge is 2.79. The molecule has 3 saturated carbocycles. The van der Waals surface area contributed by atoms with Crippen molar-refractivity contribution in [1.29, 1.82) is 0 Å². The zero-order chi connectivity index (χ0) is 15.8. The molecule has 4 fully saturated rings. The third-order valence-corrected chi connectivity index (χ3v) is 4.91. The fourth-order valence-electron chi connectivity index (χ4n) is 3.75. The van der Waals surface area contributed by atoms with Crippen LogP contribution in [0.2, 0.25) is 0 Å². The number of alkyl halides is 2. The van der Waals surface area contributed by atoms with E-state index in [0.717, 1.165) is 6.92 Å². The summed E-state index contributed by atoms with van der Waals surface area (Å²) in [6.07, 6.45) is 0.0500. The zero-order valence-corrected chi connectivity index (χ0v) is 12.0. The fraction of sp³-hybridized carbons (Fsp3) is 0.786. The monoisotopic (exact) mass is 302 g/mol. The Kier molecular flexibility index (Phi) is 2.48. The van der Waals surface area contributed by atoms with Crippen molar-refractivity contribution in [2.45, 2.75) is 51.7 Å². The number of carbonyl (C=O) groups excluding carboxylic acids is 3. The molecule has 0 radical (unpaired) electrons. The molecule has 1 aliphatic heterocycles. The lowest BCUT2D eigenvalue weighted by Gasteiger charge is -2.71. The summed E-state index contributed by atoms with van der Waals surface area (Å²) in [5.74, 6) is -8.44. The highest BCUT2D eigenvalue weighted by atomic mass is 19.3. The van der Waals surface area contributed by atoms with Gasteiger partial charge in [0.2, 0.25) is 5.92 Å². The first kappa shape index (κ1) is 14.4. The van der Waals surface area contributed by atoms with Crippen LogP contribution in [0.25, 0.3) is 0 Å². The van der Waals surface area contributed by atoms with Crippen LogP contribution in [0.3, 0.4) is 0 Å². The zero-order valence-electron chi connectivity index (χ0n) is 12.0. The third kappa shape index (κ3) is 1.75. The van der Waals surface area contributed by atoms with Crippen molar-refractivity contribution in [3.05, 3.63) is 0 Å². The standard InChI is InChI=1S/C14H16F2O5/c1-11(2)20-9(18)7(10(19)21-11)8(17)13-4-14(5-13,6-13)12(3,15)16/h7H,4-6H2,1-3H3. The first-order valence-corrected chi connectivity index (χ1v) is 6.79. The maximum atomic E-state index is 13.4. The van der Waals surface area contributed by atoms with Crippen molar-refractivity contribution in [1.82, 2.24) is 0 Å². The minimum Gasteiger partial charge on any atom is -0.422 e. The molecule has 0 spiro atoms. The molecule has 2 bridgehead atoms. The molecule has 0 aromatic carbocycles. The van der Waals surface area contributed by atoms with Crippen LogP contribution in [0.1, 0.15) is 40.0 Å². The van der Waals surface area contributed by atoms with E-state index in [1.165, 1.54) is 13.8 Å². The van der Waals surface area contributed by atoms with Gasteiger partial charge < -0.3 is 9.47 Å². The van der Waals surface area contributed by atoms with E-state index < -0.39 is 46.2 Å². The van der Waals surface area contributed by atoms with Crippen molar-refractivity contribution in [3.8, 4) is 0 Å². The molecule has 4 rings (SSSR count). The Bertz CT molecular complexity index is 520. The second-order valence-electron chi connectivity index (χ2n) is 7.02. The Labute approximate surface area is 120 Å². The van der Waals surface area contributed by atoms with E-state index in [1.54, 1.807) is 0 Å². The van der Waals surface area contributed by atoms with Gasteiger partial charge in [-0.25, -0.2) is 8.78 Å². The Hall–Kier alpha value is -1.53. The van der Waals surface area contributed by atoms with E-state index >= 15 is 0 Å². The number of ether oxygens (including phenoxy) is 2. The Morgan fingerprint density at radius 3 is 1.95 bits per heavy atom. The van der Waals surface area contributed by atoms with Gasteiger partial charge in [0.1, 0.15) is 0 Å². The summed E-state index contributed by atoms with van der Waals surface area (Å²) in [6, 6.07) is 0. The van der Waals surface area contributed by atoms with Crippen molar-refractivity contribution in [3.63, 3.8) is 0 Å². The van der Waals surface area contributed by atoms with Crippen LogP contribution in [0.5, 0.6) is 0 Å². The molecule has 0 atom stereocenters. The van der Waals surface area contributed by atoms with Crippen molar-refractivity contribution >= 4 is 17.7 Å². The molecule has 116 valence electrons. The van der Waals surface area contributed by atoms with Crippen LogP contribution in [-0.4, -0.2) is 29.4 Å². The van der Waals surface area contributed by atoms with Gasteiger partial charge in [-0.1, -0.05) is 0 Å². The SMILES string of the molecule is CC1(C)OC(=O)C(C(=O)C23CC(C(C)(F)F)(C2)C3)C(=O)O1. The molecule has 0 unspecified atom stereocenters. The van der Waals surface area contributed by atoms with Crippen molar-refractivity contribution in [2.24, 2.45) is 16.7 Å². The average Bonchev–Trinajstić information content (AvgIpc) is 2.05. The third-order valence-electron chi connectivity index (χ3n) is 4.91. The van der Waals surface area contributed by atoms with Gasteiger partial charge in [-0.15, -0.1) is 0 Å². The lowest BCUT2D eigenvalue weighted by molar-refractivity contribution is -0.297. The molecular formula is C14H16F2O5. The molecule has 3 aliphatic carbocycles. The number of halogens is 2. The van der Waals surface area contributed by atoms with E-state index in [-0.39, 0.29) is 19.3 Å². The van der Waals surface area contributed by atoms with Gasteiger partial charge >= 0.3 is 11.9 Å². The highest BCUT2D eigenvalue weighted by Crippen LogP contribution is 2.78. The Morgan fingerprint density at radius 2 is 1.57 bits per heavy atom. The maximum Gasteiger partial charge on any atom is 0.331 e. The molecule has 4 aliphatic rings. The molecule has 7 heteroatoms. The topological polar surface area (TPSA) is 69.7 Å². The summed E-state index contributed by atoms with van der Waals surface area (Å²) in [5.41, 5.74) is -2.13. The number of ketones is 1. The molecule has 0 aromatic heterocycles. The minimum absolute atomic E-state index is 0.0167. The second-order valence-corrected chi connectivity index (χ2v) is 7.02. The Morgan fingerprint density at radius 1 is 1.14 bits per heavy atom. The summed E-state index contributed by atoms with van der Waals surface area (Å²) >= 11 is 0. The van der Waals surface area contributed by atoms with Gasteiger partial charge in [-0.05, 0) is 26.2 Å². The second kappa shape index (κ2) is 3.62. The first-order valence-electron chi connectivity index (χ1n) is 6.79. The van der Waals surface area contributed by atoms with Crippen LogP contribution < -0.4 is 0 Å². The predicted octanol–water partition coefficient (Wildman–Crippen LogP) is 1.83. The summed E-state index contributed by atoms with van der Waals surface area (Å²) < 4.78 is 36.7. The van der Waals surface area contributed by atoms with Gasteiger partial charge in [0.05, 0.1) is 0 Å². The Balaban J connectivity index is 1.75. The lowest BCUT2D eigenvalue weighted by Crippen LogP contribution is -2.73. The molecule has 5 nitrogen and oxygen atoms in total. The molecule has 0 amide bonds. The first-order chi connectivity index (χ1) is 9.42. The number of hydrogen-bond acceptors (Lipinski definition) is 5. The normalized spacial score (nSPS) is 38.0. The fourth-order valence-corrected chi connectivity index (χ4v) is 3.75. The summed E-state index contributed by atoms with van der Waals surface area (Å²) in [7, 11) is 0. The lowest BCUT2D eigenvalue weighted by atomic mass is 9.31. The van der Waals surface area contributed by atoms with Gasteiger partial charge in [0.15, 0.2) is 5.78 Å². The number of cyclic esters (lactones) is 2. The molecule has 21 heavy (non-hydrogen) atoms. The van der Waals surface area contributed by atoms with Crippen molar-refractivity contribution in [2.75, 3.05) is 0 Å². The van der Waals surface area contributed by atoms with Crippen LogP contribution >= 0.6 is 0 Å². The summed E-state index contributed by atoms with van der Waals surface area (Å²) in [5, 5.41) is 0. The average molecular weight is 302 g/mol. The van der Waals surface area contributed by atoms with E-state index in [0.29, 0.717) is 0 Å². The summed E-state index contributed by atoms with van der Waals surface area (Å²) in [4.78, 5) is 36.1. The van der Waals surface area contributed by atoms with Gasteiger partial charge in [-0.3, -0.25) is 14.4 Å². The van der Waals surface area contributed by atoms with E-state index in [1.807, 2.05) is 0 Å². The van der Waals surface area contributed by atoms with Gasteiger partial charge in [0.25, 0.3) is 11.7 Å². The maximum absolute atomic E-state index is 13.4. The number of Topliss-reactive ketones (excluding diaryl/α,β-unsaturated/α-hetero) is 1. The van der Waals surface area contributed by atoms with Crippen LogP contribution in [-0.2, 0) is 23.9 Å². The quantitative estimate of drug-likeness (QED) is 0.587. The van der Waals surface area contributed by atoms with Crippen LogP contribution in [0.15, 0.2) is 0 Å². The smallest absolute Gasteiger partial charge is 0.331 e. The van der Waals surface area contributed by atoms with Crippen LogP contribution in [0, 0.1) is 16.7 Å². The molecule has 0 N–H and O–H groups in total. The molecule has 1 heterocycles. The molecule has 0 aromatic rings.